The van der Waals surface area contributed by atoms with E-state index in [4.69, 9.17) is 4.74 Å². The molecule has 1 aromatic carbocycles. The predicted octanol–water partition coefficient (Wildman–Crippen LogP) is 1.20. The predicted molar refractivity (Wildman–Crippen MR) is 108 cm³/mol. The Hall–Kier alpha value is -2.87. The van der Waals surface area contributed by atoms with Crippen LogP contribution in [0.25, 0.3) is 0 Å². The van der Waals surface area contributed by atoms with E-state index in [2.05, 4.69) is 20.6 Å². The largest absolute Gasteiger partial charge is 0.497 e. The van der Waals surface area contributed by atoms with Crippen LogP contribution in [0.3, 0.4) is 0 Å². The smallest absolute Gasteiger partial charge is 0.251 e. The Morgan fingerprint density at radius 1 is 1.31 bits per heavy atom. The van der Waals surface area contributed by atoms with Crippen molar-refractivity contribution in [2.75, 3.05) is 33.3 Å². The van der Waals surface area contributed by atoms with Crippen molar-refractivity contribution in [2.45, 2.75) is 31.2 Å². The molecule has 2 aliphatic rings. The zero-order chi connectivity index (χ0) is 20.3. The first-order valence-electron chi connectivity index (χ1n) is 10.1. The Morgan fingerprint density at radius 3 is 2.93 bits per heavy atom. The number of likely N-dealkylation sites (tertiary alicyclic amines) is 1. The Balaban J connectivity index is 1.26. The standard InChI is InChI=1S/C21H27N5O3/c1-29-16-4-2-3-15(13-16)20(28)22-9-6-18(27)26-11-7-21(8-12-26)19-17(5-10-25-21)23-14-24-19/h2-4,13-14,25H,5-12H2,1H3,(H,22,28)(H,23,24). The number of aromatic nitrogens is 2. The maximum Gasteiger partial charge on any atom is 0.251 e. The lowest BCUT2D eigenvalue weighted by atomic mass is 9.80. The highest BCUT2D eigenvalue weighted by Crippen LogP contribution is 2.35. The van der Waals surface area contributed by atoms with Gasteiger partial charge in [-0.2, -0.15) is 0 Å². The van der Waals surface area contributed by atoms with Gasteiger partial charge in [-0.3, -0.25) is 9.59 Å². The average molecular weight is 397 g/mol. The van der Waals surface area contributed by atoms with Crippen LogP contribution in [-0.2, 0) is 16.8 Å². The Kier molecular flexibility index (Phi) is 5.53. The fourth-order valence-electron chi connectivity index (χ4n) is 4.29. The first-order chi connectivity index (χ1) is 14.1. The number of nitrogens with one attached hydrogen (secondary N) is 3. The molecule has 8 nitrogen and oxygen atoms in total. The highest BCUT2D eigenvalue weighted by molar-refractivity contribution is 5.94. The van der Waals surface area contributed by atoms with E-state index >= 15 is 0 Å². The van der Waals surface area contributed by atoms with Crippen molar-refractivity contribution < 1.29 is 14.3 Å². The first kappa shape index (κ1) is 19.4. The number of H-pyrrole nitrogens is 1. The number of fused-ring (bicyclic) bond motifs is 2. The summed E-state index contributed by atoms with van der Waals surface area (Å²) < 4.78 is 5.14. The third-order valence-corrected chi connectivity index (χ3v) is 5.94. The van der Waals surface area contributed by atoms with Crippen LogP contribution in [0.5, 0.6) is 5.75 Å². The number of hydrogen-bond acceptors (Lipinski definition) is 5. The minimum atomic E-state index is -0.202. The summed E-state index contributed by atoms with van der Waals surface area (Å²) in [5.41, 5.74) is 2.73. The fraction of sp³-hybridized carbons (Fsp3) is 0.476. The molecule has 2 aliphatic heterocycles. The number of piperidine rings is 1. The van der Waals surface area contributed by atoms with Gasteiger partial charge in [-0.15, -0.1) is 0 Å². The monoisotopic (exact) mass is 397 g/mol. The molecule has 2 amide bonds. The number of aromatic amines is 1. The van der Waals surface area contributed by atoms with E-state index in [-0.39, 0.29) is 17.4 Å². The summed E-state index contributed by atoms with van der Waals surface area (Å²) in [5, 5.41) is 6.45. The molecule has 0 aliphatic carbocycles. The lowest BCUT2D eigenvalue weighted by Gasteiger charge is -2.44. The Morgan fingerprint density at radius 2 is 2.14 bits per heavy atom. The normalized spacial score (nSPS) is 17.6. The number of hydrogen-bond donors (Lipinski definition) is 3. The summed E-state index contributed by atoms with van der Waals surface area (Å²) in [6.45, 7) is 2.64. The van der Waals surface area contributed by atoms with Crippen LogP contribution >= 0.6 is 0 Å². The molecule has 1 aromatic heterocycles. The number of carbonyl (C=O) groups excluding carboxylic acids is 2. The minimum Gasteiger partial charge on any atom is -0.497 e. The van der Waals surface area contributed by atoms with Gasteiger partial charge in [-0.1, -0.05) is 6.07 Å². The van der Waals surface area contributed by atoms with Crippen LogP contribution in [0.1, 0.15) is 41.0 Å². The molecule has 4 rings (SSSR count). The number of rotatable bonds is 5. The Labute approximate surface area is 170 Å². The van der Waals surface area contributed by atoms with E-state index in [9.17, 15) is 9.59 Å². The summed E-state index contributed by atoms with van der Waals surface area (Å²) in [4.78, 5) is 34.5. The molecule has 0 unspecified atom stereocenters. The molecule has 1 spiro atoms. The van der Waals surface area contributed by atoms with Gasteiger partial charge in [0, 0.05) is 50.3 Å². The zero-order valence-electron chi connectivity index (χ0n) is 16.7. The topological polar surface area (TPSA) is 99.4 Å². The minimum absolute atomic E-state index is 0.0730. The summed E-state index contributed by atoms with van der Waals surface area (Å²) >= 11 is 0. The fourth-order valence-corrected chi connectivity index (χ4v) is 4.29. The van der Waals surface area contributed by atoms with Crippen LogP contribution in [0.2, 0.25) is 0 Å². The van der Waals surface area contributed by atoms with Crippen LogP contribution < -0.4 is 15.4 Å². The maximum absolute atomic E-state index is 12.6. The molecule has 154 valence electrons. The third-order valence-electron chi connectivity index (χ3n) is 5.94. The molecule has 1 fully saturated rings. The molecule has 0 saturated carbocycles. The van der Waals surface area contributed by atoms with Crippen molar-refractivity contribution in [1.29, 1.82) is 0 Å². The van der Waals surface area contributed by atoms with Crippen molar-refractivity contribution in [2.24, 2.45) is 0 Å². The molecular weight excluding hydrogens is 370 g/mol. The number of imidazole rings is 1. The van der Waals surface area contributed by atoms with E-state index in [0.717, 1.165) is 31.5 Å². The third kappa shape index (κ3) is 3.98. The molecule has 0 bridgehead atoms. The van der Waals surface area contributed by atoms with Crippen molar-refractivity contribution in [3.63, 3.8) is 0 Å². The quantitative estimate of drug-likeness (QED) is 0.704. The van der Waals surface area contributed by atoms with Gasteiger partial charge in [0.1, 0.15) is 5.75 Å². The van der Waals surface area contributed by atoms with Crippen molar-refractivity contribution >= 4 is 11.8 Å². The lowest BCUT2D eigenvalue weighted by molar-refractivity contribution is -0.132. The summed E-state index contributed by atoms with van der Waals surface area (Å²) in [7, 11) is 1.56. The van der Waals surface area contributed by atoms with E-state index < -0.39 is 0 Å². The number of amides is 2. The maximum atomic E-state index is 12.6. The molecule has 2 aromatic rings. The second-order valence-electron chi connectivity index (χ2n) is 7.61. The van der Waals surface area contributed by atoms with Gasteiger partial charge in [0.05, 0.1) is 24.7 Å². The van der Waals surface area contributed by atoms with E-state index in [1.807, 2.05) is 4.90 Å². The van der Waals surface area contributed by atoms with Crippen LogP contribution in [0.4, 0.5) is 0 Å². The van der Waals surface area contributed by atoms with Crippen LogP contribution in [0, 0.1) is 0 Å². The number of nitrogens with zero attached hydrogens (tertiary/aromatic N) is 2. The second-order valence-corrected chi connectivity index (χ2v) is 7.61. The van der Waals surface area contributed by atoms with Gasteiger partial charge in [-0.05, 0) is 31.0 Å². The molecule has 1 saturated heterocycles. The molecule has 8 heteroatoms. The van der Waals surface area contributed by atoms with E-state index in [1.54, 1.807) is 37.7 Å². The summed E-state index contributed by atoms with van der Waals surface area (Å²) in [6, 6.07) is 6.97. The van der Waals surface area contributed by atoms with Gasteiger partial charge < -0.3 is 25.3 Å². The summed E-state index contributed by atoms with van der Waals surface area (Å²) in [5.74, 6) is 0.503. The zero-order valence-corrected chi connectivity index (χ0v) is 16.7. The lowest BCUT2D eigenvalue weighted by Crippen LogP contribution is -2.55. The molecule has 3 N–H and O–H groups in total. The van der Waals surface area contributed by atoms with E-state index in [0.29, 0.717) is 37.4 Å². The molecule has 29 heavy (non-hydrogen) atoms. The molecule has 0 atom stereocenters. The second kappa shape index (κ2) is 8.24. The average Bonchev–Trinajstić information content (AvgIpc) is 3.25. The number of carbonyl (C=O) groups is 2. The highest BCUT2D eigenvalue weighted by atomic mass is 16.5. The van der Waals surface area contributed by atoms with Gasteiger partial charge in [0.15, 0.2) is 0 Å². The number of ether oxygens (including phenoxy) is 1. The number of methoxy groups -OCH3 is 1. The number of benzene rings is 1. The van der Waals surface area contributed by atoms with Crippen molar-refractivity contribution in [3.05, 3.63) is 47.5 Å². The highest BCUT2D eigenvalue weighted by Gasteiger charge is 2.41. The van der Waals surface area contributed by atoms with Crippen LogP contribution in [-0.4, -0.2) is 60.0 Å². The SMILES string of the molecule is COc1cccc(C(=O)NCCC(=O)N2CCC3(CC2)NCCc2[nH]cnc23)c1. The molecular formula is C21H27N5O3. The summed E-state index contributed by atoms with van der Waals surface area (Å²) in [6.07, 6.45) is 4.73. The van der Waals surface area contributed by atoms with Gasteiger partial charge in [0.25, 0.3) is 5.91 Å². The van der Waals surface area contributed by atoms with Gasteiger partial charge in [-0.25, -0.2) is 4.98 Å². The van der Waals surface area contributed by atoms with Crippen LogP contribution in [0.15, 0.2) is 30.6 Å². The first-order valence-corrected chi connectivity index (χ1v) is 10.1. The molecule has 0 radical (unpaired) electrons. The van der Waals surface area contributed by atoms with Crippen molar-refractivity contribution in [1.82, 2.24) is 25.5 Å². The Bertz CT molecular complexity index is 886. The van der Waals surface area contributed by atoms with Gasteiger partial charge in [0.2, 0.25) is 5.91 Å². The van der Waals surface area contributed by atoms with Gasteiger partial charge >= 0.3 is 0 Å². The van der Waals surface area contributed by atoms with Crippen molar-refractivity contribution in [3.8, 4) is 5.75 Å². The molecule has 3 heterocycles. The van der Waals surface area contributed by atoms with E-state index in [1.165, 1.54) is 5.69 Å².